The van der Waals surface area contributed by atoms with Gasteiger partial charge in [0.15, 0.2) is 5.65 Å². The average molecular weight is 296 g/mol. The predicted octanol–water partition coefficient (Wildman–Crippen LogP) is 2.24. The minimum absolute atomic E-state index is 0.790. The van der Waals surface area contributed by atoms with Crippen LogP contribution >= 0.6 is 15.9 Å². The highest BCUT2D eigenvalue weighted by atomic mass is 79.9. The molecule has 2 aromatic heterocycles. The van der Waals surface area contributed by atoms with Crippen molar-refractivity contribution in [3.05, 3.63) is 28.6 Å². The summed E-state index contributed by atoms with van der Waals surface area (Å²) in [5.74, 6) is 0. The topological polar surface area (TPSA) is 29.8 Å². The van der Waals surface area contributed by atoms with Crippen LogP contribution in [-0.4, -0.2) is 35.7 Å². The van der Waals surface area contributed by atoms with E-state index in [4.69, 9.17) is 4.74 Å². The van der Waals surface area contributed by atoms with E-state index in [-0.39, 0.29) is 0 Å². The molecule has 1 fully saturated rings. The minimum atomic E-state index is 0.790. The number of aromatic nitrogens is 2. The highest BCUT2D eigenvalue weighted by Crippen LogP contribution is 2.26. The Morgan fingerprint density at radius 3 is 2.82 bits per heavy atom. The van der Waals surface area contributed by atoms with Crippen LogP contribution in [0.1, 0.15) is 5.69 Å². The molecule has 1 aliphatic rings. The number of halogens is 1. The predicted molar refractivity (Wildman–Crippen MR) is 70.7 cm³/mol. The fourth-order valence-corrected chi connectivity index (χ4v) is 2.64. The summed E-state index contributed by atoms with van der Waals surface area (Å²) in [6, 6.07) is 2.13. The summed E-state index contributed by atoms with van der Waals surface area (Å²) >= 11 is 3.55. The van der Waals surface area contributed by atoms with Crippen LogP contribution in [0.25, 0.3) is 5.65 Å². The summed E-state index contributed by atoms with van der Waals surface area (Å²) in [6.45, 7) is 5.46. The Morgan fingerprint density at radius 2 is 2.06 bits per heavy atom. The molecule has 1 aliphatic heterocycles. The molecule has 2 aromatic rings. The van der Waals surface area contributed by atoms with E-state index in [1.165, 1.54) is 5.69 Å². The van der Waals surface area contributed by atoms with E-state index in [1.54, 1.807) is 0 Å². The maximum Gasteiger partial charge on any atom is 0.160 e. The van der Waals surface area contributed by atoms with Crippen LogP contribution in [0.4, 0.5) is 5.69 Å². The maximum atomic E-state index is 5.39. The lowest BCUT2D eigenvalue weighted by Gasteiger charge is -2.29. The molecule has 0 aromatic carbocycles. The summed E-state index contributed by atoms with van der Waals surface area (Å²) in [7, 11) is 0. The lowest BCUT2D eigenvalue weighted by atomic mass is 10.3. The third-order valence-electron chi connectivity index (χ3n) is 2.97. The van der Waals surface area contributed by atoms with Gasteiger partial charge in [-0.2, -0.15) is 0 Å². The van der Waals surface area contributed by atoms with Gasteiger partial charge < -0.3 is 14.0 Å². The Hall–Kier alpha value is -1.07. The smallest absolute Gasteiger partial charge is 0.160 e. The summed E-state index contributed by atoms with van der Waals surface area (Å²) in [6.07, 6.45) is 4.09. The second-order valence-corrected chi connectivity index (χ2v) is 5.17. The van der Waals surface area contributed by atoms with Crippen LogP contribution in [0.15, 0.2) is 22.9 Å². The molecule has 0 radical (unpaired) electrons. The van der Waals surface area contributed by atoms with Gasteiger partial charge >= 0.3 is 0 Å². The van der Waals surface area contributed by atoms with E-state index < -0.39 is 0 Å². The highest BCUT2D eigenvalue weighted by molar-refractivity contribution is 9.10. The Kier molecular flexibility index (Phi) is 2.80. The average Bonchev–Trinajstić information content (AvgIpc) is 2.69. The number of ether oxygens (including phenoxy) is 1. The fourth-order valence-electron chi connectivity index (χ4n) is 2.21. The molecule has 0 atom stereocenters. The van der Waals surface area contributed by atoms with Gasteiger partial charge in [0.05, 0.1) is 24.6 Å². The van der Waals surface area contributed by atoms with Crippen LogP contribution in [0.5, 0.6) is 0 Å². The first-order valence-corrected chi connectivity index (χ1v) is 6.51. The Morgan fingerprint density at radius 1 is 1.29 bits per heavy atom. The Balaban J connectivity index is 2.12. The first-order chi connectivity index (χ1) is 8.24. The number of imidazole rings is 1. The third-order valence-corrected chi connectivity index (χ3v) is 3.40. The number of hydrogen-bond donors (Lipinski definition) is 0. The molecule has 90 valence electrons. The number of fused-ring (bicyclic) bond motifs is 1. The largest absolute Gasteiger partial charge is 0.378 e. The molecule has 0 amide bonds. The number of nitrogens with zero attached hydrogens (tertiary/aromatic N) is 3. The van der Waals surface area contributed by atoms with Gasteiger partial charge in [-0.05, 0) is 28.9 Å². The zero-order valence-electron chi connectivity index (χ0n) is 9.69. The van der Waals surface area contributed by atoms with Gasteiger partial charge in [-0.3, -0.25) is 0 Å². The van der Waals surface area contributed by atoms with Crippen molar-refractivity contribution < 1.29 is 4.74 Å². The monoisotopic (exact) mass is 295 g/mol. The van der Waals surface area contributed by atoms with Crippen LogP contribution in [0.2, 0.25) is 0 Å². The fraction of sp³-hybridized carbons (Fsp3) is 0.417. The molecule has 0 N–H and O–H groups in total. The van der Waals surface area contributed by atoms with Crippen LogP contribution in [0, 0.1) is 6.92 Å². The first-order valence-electron chi connectivity index (χ1n) is 5.71. The molecule has 0 saturated carbocycles. The lowest BCUT2D eigenvalue weighted by molar-refractivity contribution is 0.123. The number of rotatable bonds is 1. The van der Waals surface area contributed by atoms with Crippen molar-refractivity contribution in [2.75, 3.05) is 31.2 Å². The molecule has 17 heavy (non-hydrogen) atoms. The van der Waals surface area contributed by atoms with E-state index in [1.807, 2.05) is 19.3 Å². The Bertz CT molecular complexity index is 546. The van der Waals surface area contributed by atoms with E-state index in [0.29, 0.717) is 0 Å². The first kappa shape index (κ1) is 11.0. The van der Waals surface area contributed by atoms with Gasteiger partial charge in [-0.1, -0.05) is 0 Å². The summed E-state index contributed by atoms with van der Waals surface area (Å²) in [4.78, 5) is 6.92. The normalized spacial score (nSPS) is 16.7. The molecule has 5 heteroatoms. The van der Waals surface area contributed by atoms with E-state index in [0.717, 1.165) is 42.1 Å². The Labute approximate surface area is 108 Å². The van der Waals surface area contributed by atoms with Crippen molar-refractivity contribution in [1.82, 2.24) is 9.38 Å². The second-order valence-electron chi connectivity index (χ2n) is 4.26. The number of pyridine rings is 1. The van der Waals surface area contributed by atoms with Gasteiger partial charge in [0.25, 0.3) is 0 Å². The molecule has 0 spiro atoms. The number of anilines is 1. The molecule has 4 nitrogen and oxygen atoms in total. The van der Waals surface area contributed by atoms with Gasteiger partial charge in [-0.25, -0.2) is 4.98 Å². The van der Waals surface area contributed by atoms with Crippen molar-refractivity contribution in [1.29, 1.82) is 0 Å². The number of aryl methyl sites for hydroxylation is 1. The molecule has 3 heterocycles. The van der Waals surface area contributed by atoms with Crippen LogP contribution in [0.3, 0.4) is 0 Å². The lowest BCUT2D eigenvalue weighted by Crippen LogP contribution is -2.36. The maximum absolute atomic E-state index is 5.39. The molecule has 1 saturated heterocycles. The van der Waals surface area contributed by atoms with E-state index in [9.17, 15) is 0 Å². The quantitative estimate of drug-likeness (QED) is 0.808. The zero-order valence-corrected chi connectivity index (χ0v) is 11.3. The van der Waals surface area contributed by atoms with Crippen molar-refractivity contribution in [3.63, 3.8) is 0 Å². The van der Waals surface area contributed by atoms with Crippen LogP contribution in [-0.2, 0) is 4.74 Å². The SMILES string of the molecule is Cc1cn2cc(Br)cc(N3CCOCC3)c2n1. The van der Waals surface area contributed by atoms with Crippen molar-refractivity contribution in [2.45, 2.75) is 6.92 Å². The standard InChI is InChI=1S/C12H14BrN3O/c1-9-7-16-8-10(13)6-11(12(16)14-9)15-2-4-17-5-3-15/h6-8H,2-5H2,1H3. The van der Waals surface area contributed by atoms with Gasteiger partial charge in [0, 0.05) is 30.0 Å². The van der Waals surface area contributed by atoms with E-state index in [2.05, 4.69) is 36.3 Å². The van der Waals surface area contributed by atoms with Crippen molar-refractivity contribution in [2.24, 2.45) is 0 Å². The summed E-state index contributed by atoms with van der Waals surface area (Å²) in [5, 5.41) is 0. The van der Waals surface area contributed by atoms with Crippen LogP contribution < -0.4 is 4.90 Å². The minimum Gasteiger partial charge on any atom is -0.378 e. The van der Waals surface area contributed by atoms with Gasteiger partial charge in [0.2, 0.25) is 0 Å². The zero-order chi connectivity index (χ0) is 11.8. The molecular weight excluding hydrogens is 282 g/mol. The summed E-state index contributed by atoms with van der Waals surface area (Å²) in [5.41, 5.74) is 3.24. The number of hydrogen-bond acceptors (Lipinski definition) is 3. The second kappa shape index (κ2) is 4.31. The molecule has 0 bridgehead atoms. The van der Waals surface area contributed by atoms with Crippen molar-refractivity contribution in [3.8, 4) is 0 Å². The molecular formula is C12H14BrN3O. The van der Waals surface area contributed by atoms with E-state index >= 15 is 0 Å². The third kappa shape index (κ3) is 2.05. The summed E-state index contributed by atoms with van der Waals surface area (Å²) < 4.78 is 8.53. The molecule has 0 aliphatic carbocycles. The number of morpholine rings is 1. The van der Waals surface area contributed by atoms with Gasteiger partial charge in [0.1, 0.15) is 0 Å². The molecule has 3 rings (SSSR count). The highest BCUT2D eigenvalue weighted by Gasteiger charge is 2.16. The van der Waals surface area contributed by atoms with Gasteiger partial charge in [-0.15, -0.1) is 0 Å². The molecule has 0 unspecified atom stereocenters. The van der Waals surface area contributed by atoms with Crippen molar-refractivity contribution >= 4 is 27.3 Å².